The van der Waals surface area contributed by atoms with Crippen LogP contribution >= 0.6 is 11.6 Å². The number of nitrogens with one attached hydrogen (secondary N) is 2. The van der Waals surface area contributed by atoms with Gasteiger partial charge in [-0.1, -0.05) is 23.7 Å². The van der Waals surface area contributed by atoms with Crippen molar-refractivity contribution in [1.82, 2.24) is 10.3 Å². The second-order valence-corrected chi connectivity index (χ2v) is 3.44. The Kier molecular flexibility index (Phi) is 2.25. The predicted molar refractivity (Wildman–Crippen MR) is 56.1 cm³/mol. The minimum atomic E-state index is 0.778. The van der Waals surface area contributed by atoms with Crippen LogP contribution in [0.3, 0.4) is 0 Å². The summed E-state index contributed by atoms with van der Waals surface area (Å²) in [6.45, 7) is 0.838. The predicted octanol–water partition coefficient (Wildman–Crippen LogP) is 2.54. The van der Waals surface area contributed by atoms with Gasteiger partial charge in [0, 0.05) is 17.6 Å². The van der Waals surface area contributed by atoms with Crippen LogP contribution in [0.25, 0.3) is 10.9 Å². The van der Waals surface area contributed by atoms with Crippen LogP contribution in [0.1, 0.15) is 5.69 Å². The summed E-state index contributed by atoms with van der Waals surface area (Å²) in [5.74, 6) is 0. The monoisotopic (exact) mass is 194 g/mol. The van der Waals surface area contributed by atoms with Crippen LogP contribution in [0.4, 0.5) is 0 Å². The van der Waals surface area contributed by atoms with Crippen molar-refractivity contribution in [1.29, 1.82) is 0 Å². The molecule has 0 aliphatic heterocycles. The van der Waals surface area contributed by atoms with E-state index in [1.165, 1.54) is 0 Å². The van der Waals surface area contributed by atoms with Crippen LogP contribution in [-0.4, -0.2) is 12.0 Å². The first-order chi connectivity index (χ1) is 6.31. The van der Waals surface area contributed by atoms with Crippen LogP contribution in [0.5, 0.6) is 0 Å². The van der Waals surface area contributed by atoms with Crippen LogP contribution < -0.4 is 5.32 Å². The maximum absolute atomic E-state index is 6.02. The summed E-state index contributed by atoms with van der Waals surface area (Å²) < 4.78 is 0. The van der Waals surface area contributed by atoms with Gasteiger partial charge >= 0.3 is 0 Å². The molecule has 0 unspecified atom stereocenters. The van der Waals surface area contributed by atoms with Gasteiger partial charge < -0.3 is 10.3 Å². The maximum Gasteiger partial charge on any atom is 0.0647 e. The van der Waals surface area contributed by atoms with Crippen molar-refractivity contribution >= 4 is 22.5 Å². The summed E-state index contributed by atoms with van der Waals surface area (Å²) in [6, 6.07) is 8.01. The molecule has 2 rings (SSSR count). The topological polar surface area (TPSA) is 27.8 Å². The molecule has 1 aromatic carbocycles. The molecule has 2 N–H and O–H groups in total. The third-order valence-corrected chi connectivity index (χ3v) is 2.34. The first kappa shape index (κ1) is 8.60. The molecule has 0 aliphatic carbocycles. The molecule has 0 saturated carbocycles. The van der Waals surface area contributed by atoms with Crippen molar-refractivity contribution in [2.75, 3.05) is 7.05 Å². The van der Waals surface area contributed by atoms with E-state index >= 15 is 0 Å². The van der Waals surface area contributed by atoms with E-state index in [1.807, 2.05) is 19.2 Å². The number of para-hydroxylation sites is 1. The molecular formula is C10H11ClN2. The van der Waals surface area contributed by atoms with E-state index < -0.39 is 0 Å². The number of H-pyrrole nitrogens is 1. The van der Waals surface area contributed by atoms with Crippen LogP contribution in [0, 0.1) is 0 Å². The van der Waals surface area contributed by atoms with E-state index in [2.05, 4.69) is 22.4 Å². The molecule has 1 aromatic heterocycles. The van der Waals surface area contributed by atoms with Gasteiger partial charge in [0.2, 0.25) is 0 Å². The third kappa shape index (κ3) is 1.55. The molecule has 1 heterocycles. The zero-order valence-corrected chi connectivity index (χ0v) is 8.15. The lowest BCUT2D eigenvalue weighted by molar-refractivity contribution is 0.800. The molecule has 2 nitrogen and oxygen atoms in total. The summed E-state index contributed by atoms with van der Waals surface area (Å²) in [5.41, 5.74) is 2.18. The van der Waals surface area contributed by atoms with Gasteiger partial charge in [-0.05, 0) is 19.2 Å². The van der Waals surface area contributed by atoms with Gasteiger partial charge in [0.1, 0.15) is 0 Å². The molecule has 0 radical (unpaired) electrons. The van der Waals surface area contributed by atoms with Crippen molar-refractivity contribution in [3.05, 3.63) is 35.0 Å². The van der Waals surface area contributed by atoms with E-state index in [0.29, 0.717) is 0 Å². The number of hydrogen-bond acceptors (Lipinski definition) is 1. The maximum atomic E-state index is 6.02. The van der Waals surface area contributed by atoms with E-state index in [0.717, 1.165) is 28.2 Å². The van der Waals surface area contributed by atoms with E-state index in [9.17, 15) is 0 Å². The lowest BCUT2D eigenvalue weighted by atomic mass is 10.2. The summed E-state index contributed by atoms with van der Waals surface area (Å²) in [7, 11) is 1.92. The van der Waals surface area contributed by atoms with Gasteiger partial charge in [0.15, 0.2) is 0 Å². The number of aromatic amines is 1. The van der Waals surface area contributed by atoms with Crippen molar-refractivity contribution in [2.45, 2.75) is 6.54 Å². The van der Waals surface area contributed by atoms with E-state index in [-0.39, 0.29) is 0 Å². The van der Waals surface area contributed by atoms with Gasteiger partial charge in [0.25, 0.3) is 0 Å². The van der Waals surface area contributed by atoms with Crippen LogP contribution in [0.2, 0.25) is 5.02 Å². The number of fused-ring (bicyclic) bond motifs is 1. The van der Waals surface area contributed by atoms with Gasteiger partial charge in [-0.15, -0.1) is 0 Å². The highest BCUT2D eigenvalue weighted by molar-refractivity contribution is 6.35. The molecule has 3 heteroatoms. The lowest BCUT2D eigenvalue weighted by Gasteiger charge is -1.93. The minimum Gasteiger partial charge on any atom is -0.356 e. The number of hydrogen-bond donors (Lipinski definition) is 2. The molecule has 0 bridgehead atoms. The fraction of sp³-hybridized carbons (Fsp3) is 0.200. The standard InChI is InChI=1S/C10H11ClN2/c1-12-6-8-5-7-3-2-4-9(11)10(7)13-8/h2-5,12-13H,6H2,1H3. The Hall–Kier alpha value is -0.990. The molecule has 0 fully saturated rings. The Bertz CT molecular complexity index is 420. The van der Waals surface area contributed by atoms with Crippen molar-refractivity contribution in [2.24, 2.45) is 0 Å². The summed E-state index contributed by atoms with van der Waals surface area (Å²) in [4.78, 5) is 3.27. The molecule has 0 amide bonds. The van der Waals surface area contributed by atoms with Crippen molar-refractivity contribution < 1.29 is 0 Å². The number of benzene rings is 1. The third-order valence-electron chi connectivity index (χ3n) is 2.03. The number of rotatable bonds is 2. The smallest absolute Gasteiger partial charge is 0.0647 e. The first-order valence-electron chi connectivity index (χ1n) is 4.22. The normalized spacial score (nSPS) is 10.9. The Morgan fingerprint density at radius 2 is 2.31 bits per heavy atom. The van der Waals surface area contributed by atoms with Gasteiger partial charge in [-0.25, -0.2) is 0 Å². The largest absolute Gasteiger partial charge is 0.356 e. The van der Waals surface area contributed by atoms with E-state index in [4.69, 9.17) is 11.6 Å². The van der Waals surface area contributed by atoms with Crippen molar-refractivity contribution in [3.63, 3.8) is 0 Å². The lowest BCUT2D eigenvalue weighted by Crippen LogP contribution is -2.04. The number of aromatic nitrogens is 1. The Morgan fingerprint density at radius 1 is 1.46 bits per heavy atom. The second-order valence-electron chi connectivity index (χ2n) is 3.03. The Morgan fingerprint density at radius 3 is 3.00 bits per heavy atom. The summed E-state index contributed by atoms with van der Waals surface area (Å²) in [5, 5.41) is 5.03. The minimum absolute atomic E-state index is 0.778. The Balaban J connectivity index is 2.55. The molecule has 0 aliphatic rings. The molecule has 2 aromatic rings. The molecule has 0 saturated heterocycles. The molecular weight excluding hydrogens is 184 g/mol. The molecule has 68 valence electrons. The summed E-state index contributed by atoms with van der Waals surface area (Å²) in [6.07, 6.45) is 0. The van der Waals surface area contributed by atoms with Crippen LogP contribution in [-0.2, 0) is 6.54 Å². The highest BCUT2D eigenvalue weighted by Crippen LogP contribution is 2.23. The second kappa shape index (κ2) is 3.40. The van der Waals surface area contributed by atoms with Gasteiger partial charge in [0.05, 0.1) is 10.5 Å². The van der Waals surface area contributed by atoms with Gasteiger partial charge in [-0.3, -0.25) is 0 Å². The van der Waals surface area contributed by atoms with Gasteiger partial charge in [-0.2, -0.15) is 0 Å². The van der Waals surface area contributed by atoms with E-state index in [1.54, 1.807) is 0 Å². The molecule has 13 heavy (non-hydrogen) atoms. The first-order valence-corrected chi connectivity index (χ1v) is 4.60. The SMILES string of the molecule is CNCc1cc2cccc(Cl)c2[nH]1. The summed E-state index contributed by atoms with van der Waals surface area (Å²) >= 11 is 6.02. The zero-order valence-electron chi connectivity index (χ0n) is 7.39. The van der Waals surface area contributed by atoms with Crippen molar-refractivity contribution in [3.8, 4) is 0 Å². The highest BCUT2D eigenvalue weighted by Gasteiger charge is 2.02. The quantitative estimate of drug-likeness (QED) is 0.756. The molecule has 0 atom stereocenters. The fourth-order valence-electron chi connectivity index (χ4n) is 1.46. The zero-order chi connectivity index (χ0) is 9.26. The average molecular weight is 195 g/mol. The fourth-order valence-corrected chi connectivity index (χ4v) is 1.69. The van der Waals surface area contributed by atoms with Crippen LogP contribution in [0.15, 0.2) is 24.3 Å². The molecule has 0 spiro atoms. The Labute approximate surface area is 81.9 Å². The average Bonchev–Trinajstić information content (AvgIpc) is 2.49. The number of halogens is 1. The highest BCUT2D eigenvalue weighted by atomic mass is 35.5.